The molecule has 3 N–H and O–H groups in total. The first kappa shape index (κ1) is 13.8. The third kappa shape index (κ3) is 4.89. The molecule has 0 spiro atoms. The Morgan fingerprint density at radius 3 is 2.89 bits per heavy atom. The van der Waals surface area contributed by atoms with Crippen molar-refractivity contribution in [1.29, 1.82) is 0 Å². The van der Waals surface area contributed by atoms with Crippen molar-refractivity contribution in [3.05, 3.63) is 30.3 Å². The van der Waals surface area contributed by atoms with E-state index in [2.05, 4.69) is 16.0 Å². The van der Waals surface area contributed by atoms with E-state index in [4.69, 9.17) is 4.74 Å². The molecule has 1 atom stereocenters. The zero-order valence-electron chi connectivity index (χ0n) is 11.0. The molecule has 1 heterocycles. The number of carbonyl (C=O) groups excluding carboxylic acids is 1. The van der Waals surface area contributed by atoms with Gasteiger partial charge in [-0.1, -0.05) is 18.2 Å². The number of amides is 1. The fourth-order valence-electron chi connectivity index (χ4n) is 1.94. The minimum Gasteiger partial charge on any atom is -0.385 e. The molecule has 0 aromatic heterocycles. The van der Waals surface area contributed by atoms with Crippen LogP contribution in [0.15, 0.2) is 30.3 Å². The van der Waals surface area contributed by atoms with Crippen molar-refractivity contribution in [2.24, 2.45) is 0 Å². The Kier molecular flexibility index (Phi) is 5.65. The molecule has 5 heteroatoms. The summed E-state index contributed by atoms with van der Waals surface area (Å²) in [4.78, 5) is 11.7. The number of ether oxygens (including phenoxy) is 1. The number of anilines is 1. The highest BCUT2D eigenvalue weighted by Gasteiger charge is 2.20. The normalized spacial score (nSPS) is 18.8. The molecule has 1 amide bonds. The van der Waals surface area contributed by atoms with E-state index >= 15 is 0 Å². The van der Waals surface area contributed by atoms with Gasteiger partial charge < -0.3 is 20.7 Å². The summed E-state index contributed by atoms with van der Waals surface area (Å²) in [6.07, 6.45) is 0.552. The van der Waals surface area contributed by atoms with Gasteiger partial charge in [-0.2, -0.15) is 0 Å². The number of morpholine rings is 1. The molecule has 5 nitrogen and oxygen atoms in total. The van der Waals surface area contributed by atoms with Gasteiger partial charge in [0.2, 0.25) is 5.91 Å². The molecular formula is C14H21N3O2. The maximum absolute atomic E-state index is 11.7. The van der Waals surface area contributed by atoms with Crippen LogP contribution in [0.1, 0.15) is 6.42 Å². The first-order valence-electron chi connectivity index (χ1n) is 6.75. The molecule has 19 heavy (non-hydrogen) atoms. The van der Waals surface area contributed by atoms with Gasteiger partial charge in [-0.15, -0.1) is 0 Å². The van der Waals surface area contributed by atoms with Crippen molar-refractivity contribution in [3.63, 3.8) is 0 Å². The van der Waals surface area contributed by atoms with E-state index < -0.39 is 0 Å². The van der Waals surface area contributed by atoms with Crippen LogP contribution in [-0.4, -0.2) is 44.8 Å². The summed E-state index contributed by atoms with van der Waals surface area (Å²) in [6.45, 7) is 3.54. The average molecular weight is 263 g/mol. The molecule has 0 saturated carbocycles. The van der Waals surface area contributed by atoms with Crippen molar-refractivity contribution in [2.45, 2.75) is 12.5 Å². The number of hydrogen-bond acceptors (Lipinski definition) is 4. The van der Waals surface area contributed by atoms with Crippen LogP contribution in [0.25, 0.3) is 0 Å². The van der Waals surface area contributed by atoms with Crippen LogP contribution < -0.4 is 16.0 Å². The summed E-state index contributed by atoms with van der Waals surface area (Å²) in [7, 11) is 0. The summed E-state index contributed by atoms with van der Waals surface area (Å²) in [5.41, 5.74) is 1.11. The first-order valence-corrected chi connectivity index (χ1v) is 6.75. The number of benzene rings is 1. The van der Waals surface area contributed by atoms with E-state index in [0.717, 1.165) is 25.2 Å². The van der Waals surface area contributed by atoms with Crippen molar-refractivity contribution in [2.75, 3.05) is 38.1 Å². The third-order valence-electron chi connectivity index (χ3n) is 2.98. The van der Waals surface area contributed by atoms with Gasteiger partial charge in [-0.3, -0.25) is 4.79 Å². The fourth-order valence-corrected chi connectivity index (χ4v) is 1.94. The van der Waals surface area contributed by atoms with Gasteiger partial charge in [-0.05, 0) is 18.6 Å². The van der Waals surface area contributed by atoms with Gasteiger partial charge in [0, 0.05) is 31.9 Å². The molecule has 1 aromatic rings. The highest BCUT2D eigenvalue weighted by Crippen LogP contribution is 2.04. The standard InChI is InChI=1S/C14H21N3O2/c18-14(13-11-15-9-10-19-13)17-8-4-7-16-12-5-2-1-3-6-12/h1-3,5-6,13,15-16H,4,7-11H2,(H,17,18). The zero-order chi connectivity index (χ0) is 13.3. The first-order chi connectivity index (χ1) is 9.36. The fraction of sp³-hybridized carbons (Fsp3) is 0.500. The maximum Gasteiger partial charge on any atom is 0.250 e. The molecule has 0 aliphatic carbocycles. The largest absolute Gasteiger partial charge is 0.385 e. The second-order valence-corrected chi connectivity index (χ2v) is 4.50. The van der Waals surface area contributed by atoms with Crippen LogP contribution in [-0.2, 0) is 9.53 Å². The topological polar surface area (TPSA) is 62.4 Å². The highest BCUT2D eigenvalue weighted by atomic mass is 16.5. The van der Waals surface area contributed by atoms with Crippen LogP contribution >= 0.6 is 0 Å². The molecule has 1 saturated heterocycles. The summed E-state index contributed by atoms with van der Waals surface area (Å²) in [5.74, 6) is -0.0214. The Hall–Kier alpha value is -1.59. The Bertz CT molecular complexity index is 378. The average Bonchev–Trinajstić information content (AvgIpc) is 2.49. The number of nitrogens with one attached hydrogen (secondary N) is 3. The lowest BCUT2D eigenvalue weighted by atomic mass is 10.3. The Morgan fingerprint density at radius 2 is 2.16 bits per heavy atom. The lowest BCUT2D eigenvalue weighted by molar-refractivity contribution is -0.134. The van der Waals surface area contributed by atoms with Gasteiger partial charge in [0.1, 0.15) is 6.10 Å². The highest BCUT2D eigenvalue weighted by molar-refractivity contribution is 5.81. The molecule has 1 aliphatic rings. The Labute approximate surface area is 113 Å². The molecule has 1 unspecified atom stereocenters. The lowest BCUT2D eigenvalue weighted by Gasteiger charge is -2.22. The molecule has 0 radical (unpaired) electrons. The summed E-state index contributed by atoms with van der Waals surface area (Å²) in [5, 5.41) is 9.34. The van der Waals surface area contributed by atoms with Gasteiger partial charge in [0.15, 0.2) is 0 Å². The van der Waals surface area contributed by atoms with E-state index in [0.29, 0.717) is 19.7 Å². The van der Waals surface area contributed by atoms with Crippen molar-refractivity contribution < 1.29 is 9.53 Å². The number of carbonyl (C=O) groups is 1. The predicted octanol–water partition coefficient (Wildman–Crippen LogP) is 0.593. The monoisotopic (exact) mass is 263 g/mol. The predicted molar refractivity (Wildman–Crippen MR) is 75.2 cm³/mol. The molecule has 1 fully saturated rings. The summed E-state index contributed by atoms with van der Waals surface area (Å²) < 4.78 is 5.38. The molecule has 104 valence electrons. The summed E-state index contributed by atoms with van der Waals surface area (Å²) >= 11 is 0. The van der Waals surface area contributed by atoms with Crippen LogP contribution in [0.5, 0.6) is 0 Å². The third-order valence-corrected chi connectivity index (χ3v) is 2.98. The van der Waals surface area contributed by atoms with Gasteiger partial charge in [0.05, 0.1) is 6.61 Å². The zero-order valence-corrected chi connectivity index (χ0v) is 11.0. The maximum atomic E-state index is 11.7. The molecule has 1 aliphatic heterocycles. The second kappa shape index (κ2) is 7.76. The van der Waals surface area contributed by atoms with Gasteiger partial charge in [-0.25, -0.2) is 0 Å². The Balaban J connectivity index is 1.55. The lowest BCUT2D eigenvalue weighted by Crippen LogP contribution is -2.48. The van der Waals surface area contributed by atoms with E-state index in [1.165, 1.54) is 0 Å². The van der Waals surface area contributed by atoms with E-state index in [1.807, 2.05) is 30.3 Å². The smallest absolute Gasteiger partial charge is 0.250 e. The van der Waals surface area contributed by atoms with Crippen LogP contribution in [0.2, 0.25) is 0 Å². The van der Waals surface area contributed by atoms with Crippen molar-refractivity contribution in [3.8, 4) is 0 Å². The van der Waals surface area contributed by atoms with Gasteiger partial charge in [0.25, 0.3) is 0 Å². The van der Waals surface area contributed by atoms with Crippen LogP contribution in [0.3, 0.4) is 0 Å². The SMILES string of the molecule is O=C(NCCCNc1ccccc1)C1CNCCO1. The van der Waals surface area contributed by atoms with Gasteiger partial charge >= 0.3 is 0 Å². The quantitative estimate of drug-likeness (QED) is 0.658. The Morgan fingerprint density at radius 1 is 1.32 bits per heavy atom. The van der Waals surface area contributed by atoms with Crippen molar-refractivity contribution >= 4 is 11.6 Å². The minimum absolute atomic E-state index is 0.0214. The number of rotatable bonds is 6. The summed E-state index contributed by atoms with van der Waals surface area (Å²) in [6, 6.07) is 10.0. The molecular weight excluding hydrogens is 242 g/mol. The van der Waals surface area contributed by atoms with E-state index in [9.17, 15) is 4.79 Å². The molecule has 2 rings (SSSR count). The van der Waals surface area contributed by atoms with Crippen molar-refractivity contribution in [1.82, 2.24) is 10.6 Å². The number of para-hydroxylation sites is 1. The van der Waals surface area contributed by atoms with Crippen LogP contribution in [0, 0.1) is 0 Å². The molecule has 0 bridgehead atoms. The van der Waals surface area contributed by atoms with E-state index in [1.54, 1.807) is 0 Å². The second-order valence-electron chi connectivity index (χ2n) is 4.50. The minimum atomic E-state index is -0.337. The molecule has 1 aromatic carbocycles. The van der Waals surface area contributed by atoms with Crippen LogP contribution in [0.4, 0.5) is 5.69 Å². The van der Waals surface area contributed by atoms with E-state index in [-0.39, 0.29) is 12.0 Å². The number of hydrogen-bond donors (Lipinski definition) is 3.